The van der Waals surface area contributed by atoms with Crippen LogP contribution in [0, 0.1) is 6.92 Å². The Kier molecular flexibility index (Phi) is 3.14. The Morgan fingerprint density at radius 2 is 2.14 bits per heavy atom. The number of aryl methyl sites for hydroxylation is 1. The third-order valence-corrected chi connectivity index (χ3v) is 2.44. The molecule has 0 saturated carbocycles. The van der Waals surface area contributed by atoms with Crippen LogP contribution in [0.2, 0.25) is 0 Å². The first kappa shape index (κ1) is 11.4. The van der Waals surface area contributed by atoms with E-state index in [-0.39, 0.29) is 11.3 Å². The maximum absolute atomic E-state index is 11.4. The van der Waals surface area contributed by atoms with Gasteiger partial charge in [0.2, 0.25) is 0 Å². The SMILES string of the molecule is Cc1cc(C(=O)CBr)nn1C(C)(C)C. The number of Topliss-reactive ketones (excluding diaryl/α,β-unsaturated/α-hetero) is 1. The molecule has 1 rings (SSSR count). The maximum atomic E-state index is 11.4. The Balaban J connectivity index is 3.12. The molecular formula is C10H15BrN2O. The maximum Gasteiger partial charge on any atom is 0.193 e. The zero-order valence-corrected chi connectivity index (χ0v) is 10.6. The van der Waals surface area contributed by atoms with Gasteiger partial charge >= 0.3 is 0 Å². The highest BCUT2D eigenvalue weighted by Gasteiger charge is 2.19. The van der Waals surface area contributed by atoms with E-state index in [1.54, 1.807) is 0 Å². The van der Waals surface area contributed by atoms with Crippen LogP contribution < -0.4 is 0 Å². The van der Waals surface area contributed by atoms with Crippen molar-refractivity contribution in [2.45, 2.75) is 33.2 Å². The molecule has 0 aromatic carbocycles. The molecule has 0 unspecified atom stereocenters. The molecule has 1 heterocycles. The van der Waals surface area contributed by atoms with Crippen molar-refractivity contribution in [3.8, 4) is 0 Å². The summed E-state index contributed by atoms with van der Waals surface area (Å²) in [5.74, 6) is 0.0242. The number of carbonyl (C=O) groups is 1. The summed E-state index contributed by atoms with van der Waals surface area (Å²) in [6.07, 6.45) is 0. The van der Waals surface area contributed by atoms with Crippen molar-refractivity contribution in [2.75, 3.05) is 5.33 Å². The third kappa shape index (κ3) is 2.23. The number of alkyl halides is 1. The van der Waals surface area contributed by atoms with Crippen LogP contribution in [0.5, 0.6) is 0 Å². The summed E-state index contributed by atoms with van der Waals surface area (Å²) in [4.78, 5) is 11.4. The number of halogens is 1. The molecule has 1 aromatic heterocycles. The van der Waals surface area contributed by atoms with Crippen LogP contribution in [-0.4, -0.2) is 20.9 Å². The van der Waals surface area contributed by atoms with Gasteiger partial charge < -0.3 is 0 Å². The molecule has 0 N–H and O–H groups in total. The van der Waals surface area contributed by atoms with Crippen LogP contribution in [0.3, 0.4) is 0 Å². The average molecular weight is 259 g/mol. The van der Waals surface area contributed by atoms with Gasteiger partial charge in [-0.2, -0.15) is 5.10 Å². The van der Waals surface area contributed by atoms with Crippen LogP contribution in [0.25, 0.3) is 0 Å². The summed E-state index contributed by atoms with van der Waals surface area (Å²) < 4.78 is 1.88. The fourth-order valence-electron chi connectivity index (χ4n) is 1.36. The fraction of sp³-hybridized carbons (Fsp3) is 0.600. The monoisotopic (exact) mass is 258 g/mol. The van der Waals surface area contributed by atoms with E-state index in [0.717, 1.165) is 5.69 Å². The number of nitrogens with zero attached hydrogens (tertiary/aromatic N) is 2. The number of ketones is 1. The first-order valence-electron chi connectivity index (χ1n) is 4.52. The van der Waals surface area contributed by atoms with Crippen LogP contribution in [0.1, 0.15) is 37.0 Å². The van der Waals surface area contributed by atoms with Crippen LogP contribution >= 0.6 is 15.9 Å². The molecule has 0 bridgehead atoms. The second-order valence-corrected chi connectivity index (χ2v) is 4.87. The first-order chi connectivity index (χ1) is 6.36. The summed E-state index contributed by atoms with van der Waals surface area (Å²) in [6.45, 7) is 8.16. The highest BCUT2D eigenvalue weighted by molar-refractivity contribution is 9.09. The summed E-state index contributed by atoms with van der Waals surface area (Å²) >= 11 is 3.14. The normalized spacial score (nSPS) is 11.8. The van der Waals surface area contributed by atoms with E-state index in [1.165, 1.54) is 0 Å². The molecule has 0 saturated heterocycles. The van der Waals surface area contributed by atoms with Gasteiger partial charge in [0.25, 0.3) is 0 Å². The van der Waals surface area contributed by atoms with Crippen molar-refractivity contribution in [3.63, 3.8) is 0 Å². The minimum atomic E-state index is -0.0745. The van der Waals surface area contributed by atoms with Crippen LogP contribution in [0.15, 0.2) is 6.07 Å². The van der Waals surface area contributed by atoms with Gasteiger partial charge in [-0.3, -0.25) is 9.48 Å². The third-order valence-electron chi connectivity index (χ3n) is 1.93. The van der Waals surface area contributed by atoms with E-state index in [1.807, 2.05) is 17.7 Å². The average Bonchev–Trinajstić information content (AvgIpc) is 2.45. The molecule has 0 aliphatic heterocycles. The zero-order valence-electron chi connectivity index (χ0n) is 8.97. The summed E-state index contributed by atoms with van der Waals surface area (Å²) in [5.41, 5.74) is 1.48. The number of rotatable bonds is 2. The molecule has 0 radical (unpaired) electrons. The van der Waals surface area contributed by atoms with E-state index >= 15 is 0 Å². The van der Waals surface area contributed by atoms with Gasteiger partial charge in [0, 0.05) is 5.69 Å². The first-order valence-corrected chi connectivity index (χ1v) is 5.64. The minimum Gasteiger partial charge on any atom is -0.291 e. The van der Waals surface area contributed by atoms with Gasteiger partial charge in [0.05, 0.1) is 10.9 Å². The van der Waals surface area contributed by atoms with Gasteiger partial charge in [-0.05, 0) is 33.8 Å². The number of carbonyl (C=O) groups excluding carboxylic acids is 1. The standard InChI is InChI=1S/C10H15BrN2O/c1-7-5-8(9(14)6-11)12-13(7)10(2,3)4/h5H,6H2,1-4H3. The van der Waals surface area contributed by atoms with Crippen LogP contribution in [-0.2, 0) is 5.54 Å². The van der Waals surface area contributed by atoms with Crippen molar-refractivity contribution < 1.29 is 4.79 Å². The van der Waals surface area contributed by atoms with Crippen molar-refractivity contribution in [3.05, 3.63) is 17.5 Å². The lowest BCUT2D eigenvalue weighted by Crippen LogP contribution is -2.24. The molecule has 14 heavy (non-hydrogen) atoms. The van der Waals surface area contributed by atoms with Gasteiger partial charge in [-0.1, -0.05) is 15.9 Å². The molecule has 78 valence electrons. The van der Waals surface area contributed by atoms with Gasteiger partial charge in [0.15, 0.2) is 5.78 Å². The van der Waals surface area contributed by atoms with E-state index < -0.39 is 0 Å². The molecule has 0 aliphatic rings. The van der Waals surface area contributed by atoms with Crippen molar-refractivity contribution in [1.82, 2.24) is 9.78 Å². The molecule has 0 amide bonds. The lowest BCUT2D eigenvalue weighted by atomic mass is 10.1. The lowest BCUT2D eigenvalue weighted by molar-refractivity contribution is 0.101. The molecule has 3 nitrogen and oxygen atoms in total. The van der Waals surface area contributed by atoms with Gasteiger partial charge in [-0.15, -0.1) is 0 Å². The molecular weight excluding hydrogens is 244 g/mol. The van der Waals surface area contributed by atoms with Gasteiger partial charge in [0.1, 0.15) is 5.69 Å². The Morgan fingerprint density at radius 3 is 2.50 bits per heavy atom. The van der Waals surface area contributed by atoms with E-state index in [4.69, 9.17) is 0 Å². The predicted octanol–water partition coefficient (Wildman–Crippen LogP) is 2.52. The molecule has 0 fully saturated rings. The highest BCUT2D eigenvalue weighted by atomic mass is 79.9. The summed E-state index contributed by atoms with van der Waals surface area (Å²) in [7, 11) is 0. The van der Waals surface area contributed by atoms with E-state index in [9.17, 15) is 4.79 Å². The molecule has 1 aromatic rings. The second-order valence-electron chi connectivity index (χ2n) is 4.31. The van der Waals surface area contributed by atoms with E-state index in [0.29, 0.717) is 11.0 Å². The molecule has 0 atom stereocenters. The second kappa shape index (κ2) is 3.85. The predicted molar refractivity (Wildman–Crippen MR) is 60.1 cm³/mol. The minimum absolute atomic E-state index is 0.0242. The Morgan fingerprint density at radius 1 is 1.57 bits per heavy atom. The number of hydrogen-bond donors (Lipinski definition) is 0. The smallest absolute Gasteiger partial charge is 0.193 e. The topological polar surface area (TPSA) is 34.9 Å². The highest BCUT2D eigenvalue weighted by Crippen LogP contribution is 2.17. The number of hydrogen-bond acceptors (Lipinski definition) is 2. The van der Waals surface area contributed by atoms with E-state index in [2.05, 4.69) is 41.8 Å². The van der Waals surface area contributed by atoms with Crippen LogP contribution in [0.4, 0.5) is 0 Å². The Labute approximate surface area is 92.6 Å². The quantitative estimate of drug-likeness (QED) is 0.604. The van der Waals surface area contributed by atoms with Crippen molar-refractivity contribution in [2.24, 2.45) is 0 Å². The van der Waals surface area contributed by atoms with Gasteiger partial charge in [-0.25, -0.2) is 0 Å². The van der Waals surface area contributed by atoms with Crippen molar-refractivity contribution in [1.29, 1.82) is 0 Å². The fourth-order valence-corrected chi connectivity index (χ4v) is 1.65. The summed E-state index contributed by atoms with van der Waals surface area (Å²) in [6, 6.07) is 1.83. The number of aromatic nitrogens is 2. The lowest BCUT2D eigenvalue weighted by Gasteiger charge is -2.21. The Bertz CT molecular complexity index is 349. The molecule has 0 spiro atoms. The van der Waals surface area contributed by atoms with Crippen molar-refractivity contribution >= 4 is 21.7 Å². The molecule has 4 heteroatoms. The zero-order chi connectivity index (χ0) is 10.9. The summed E-state index contributed by atoms with van der Waals surface area (Å²) in [5, 5.41) is 4.62. The largest absolute Gasteiger partial charge is 0.291 e. The molecule has 0 aliphatic carbocycles. The Hall–Kier alpha value is -0.640.